The van der Waals surface area contributed by atoms with Crippen LogP contribution in [0, 0.1) is 0 Å². The molecule has 1 amide bonds. The molecule has 1 aromatic heterocycles. The second-order valence-corrected chi connectivity index (χ2v) is 6.94. The minimum absolute atomic E-state index is 0.152. The summed E-state index contributed by atoms with van der Waals surface area (Å²) < 4.78 is 5.51. The molecule has 1 atom stereocenters. The third-order valence-corrected chi connectivity index (χ3v) is 5.25. The van der Waals surface area contributed by atoms with Crippen molar-refractivity contribution in [3.8, 4) is 0 Å². The maximum absolute atomic E-state index is 12.4. The van der Waals surface area contributed by atoms with Crippen molar-refractivity contribution in [1.82, 2.24) is 20.1 Å². The smallest absolute Gasteiger partial charge is 0.251 e. The lowest BCUT2D eigenvalue weighted by Crippen LogP contribution is -2.55. The lowest BCUT2D eigenvalue weighted by Gasteiger charge is -2.37. The van der Waals surface area contributed by atoms with Crippen LogP contribution in [0.15, 0.2) is 16.6 Å². The lowest BCUT2D eigenvalue weighted by atomic mass is 10.2. The second kappa shape index (κ2) is 8.43. The first-order valence-electron chi connectivity index (χ1n) is 8.52. The summed E-state index contributed by atoms with van der Waals surface area (Å²) in [5, 5.41) is 6.52. The van der Waals surface area contributed by atoms with Crippen molar-refractivity contribution in [2.45, 2.75) is 25.4 Å². The number of thiazole rings is 1. The molecule has 0 bridgehead atoms. The standard InChI is InChI=1S/C16H25N5O2S/c1-17-16(19-5-4-14-18-6-12-24-14)21-9-7-20(8-10-21)15(22)13-3-2-11-23-13/h6,12-13H,2-5,7-11H2,1H3,(H,17,19). The summed E-state index contributed by atoms with van der Waals surface area (Å²) in [6.45, 7) is 4.59. The molecule has 132 valence electrons. The van der Waals surface area contributed by atoms with Gasteiger partial charge in [0.25, 0.3) is 5.91 Å². The van der Waals surface area contributed by atoms with Crippen LogP contribution in [-0.4, -0.2) is 79.1 Å². The number of hydrogen-bond donors (Lipinski definition) is 1. The number of aromatic nitrogens is 1. The number of hydrogen-bond acceptors (Lipinski definition) is 5. The van der Waals surface area contributed by atoms with Crippen LogP contribution in [0.25, 0.3) is 0 Å². The minimum Gasteiger partial charge on any atom is -0.368 e. The molecule has 0 radical (unpaired) electrons. The van der Waals surface area contributed by atoms with Crippen LogP contribution in [0.4, 0.5) is 0 Å². The summed E-state index contributed by atoms with van der Waals surface area (Å²) in [7, 11) is 1.80. The number of piperazine rings is 1. The average molecular weight is 351 g/mol. The highest BCUT2D eigenvalue weighted by atomic mass is 32.1. The normalized spacial score (nSPS) is 22.0. The predicted octanol–water partition coefficient (Wildman–Crippen LogP) is 0.584. The number of ether oxygens (including phenoxy) is 1. The summed E-state index contributed by atoms with van der Waals surface area (Å²) in [5.74, 6) is 1.05. The van der Waals surface area contributed by atoms with Crippen LogP contribution in [-0.2, 0) is 16.0 Å². The van der Waals surface area contributed by atoms with Crippen molar-refractivity contribution in [2.24, 2.45) is 4.99 Å². The number of guanidine groups is 1. The van der Waals surface area contributed by atoms with E-state index in [2.05, 4.69) is 20.2 Å². The van der Waals surface area contributed by atoms with Crippen LogP contribution in [0.2, 0.25) is 0 Å². The predicted molar refractivity (Wildman–Crippen MR) is 94.3 cm³/mol. The first-order chi connectivity index (χ1) is 11.8. The Bertz CT molecular complexity index is 549. The van der Waals surface area contributed by atoms with Crippen molar-refractivity contribution < 1.29 is 9.53 Å². The van der Waals surface area contributed by atoms with Gasteiger partial charge in [-0.15, -0.1) is 11.3 Å². The Kier molecular flexibility index (Phi) is 6.03. The van der Waals surface area contributed by atoms with Gasteiger partial charge in [0.2, 0.25) is 0 Å². The summed E-state index contributed by atoms with van der Waals surface area (Å²) in [6, 6.07) is 0. The SMILES string of the molecule is CN=C(NCCc1nccs1)N1CCN(C(=O)C2CCCO2)CC1. The topological polar surface area (TPSA) is 70.1 Å². The Balaban J connectivity index is 1.43. The van der Waals surface area contributed by atoms with E-state index in [1.54, 1.807) is 18.4 Å². The number of aliphatic imine (C=N–C) groups is 1. The molecule has 0 aromatic carbocycles. The van der Waals surface area contributed by atoms with Crippen molar-refractivity contribution >= 4 is 23.2 Å². The molecule has 8 heteroatoms. The van der Waals surface area contributed by atoms with Crippen molar-refractivity contribution in [3.05, 3.63) is 16.6 Å². The molecule has 2 aliphatic rings. The maximum atomic E-state index is 12.4. The van der Waals surface area contributed by atoms with Gasteiger partial charge in [-0.3, -0.25) is 9.79 Å². The van der Waals surface area contributed by atoms with Gasteiger partial charge in [0.05, 0.1) is 5.01 Å². The molecule has 1 aromatic rings. The van der Waals surface area contributed by atoms with Crippen LogP contribution in [0.3, 0.4) is 0 Å². The highest BCUT2D eigenvalue weighted by Crippen LogP contribution is 2.16. The van der Waals surface area contributed by atoms with Gasteiger partial charge in [0.1, 0.15) is 6.10 Å². The fourth-order valence-corrected chi connectivity index (χ4v) is 3.73. The quantitative estimate of drug-likeness (QED) is 0.635. The molecule has 7 nitrogen and oxygen atoms in total. The van der Waals surface area contributed by atoms with Gasteiger partial charge < -0.3 is 19.9 Å². The number of nitrogens with one attached hydrogen (secondary N) is 1. The monoisotopic (exact) mass is 351 g/mol. The van der Waals surface area contributed by atoms with Gasteiger partial charge in [0.15, 0.2) is 5.96 Å². The van der Waals surface area contributed by atoms with Gasteiger partial charge >= 0.3 is 0 Å². The Morgan fingerprint density at radius 2 is 2.21 bits per heavy atom. The zero-order chi connectivity index (χ0) is 16.8. The molecule has 2 fully saturated rings. The van der Waals surface area contributed by atoms with E-state index in [-0.39, 0.29) is 12.0 Å². The van der Waals surface area contributed by atoms with Gasteiger partial charge in [-0.1, -0.05) is 0 Å². The maximum Gasteiger partial charge on any atom is 0.251 e. The van der Waals surface area contributed by atoms with Crippen molar-refractivity contribution in [1.29, 1.82) is 0 Å². The highest BCUT2D eigenvalue weighted by molar-refractivity contribution is 7.09. The largest absolute Gasteiger partial charge is 0.368 e. The molecule has 24 heavy (non-hydrogen) atoms. The first kappa shape index (κ1) is 17.2. The highest BCUT2D eigenvalue weighted by Gasteiger charge is 2.30. The zero-order valence-electron chi connectivity index (χ0n) is 14.1. The molecule has 2 saturated heterocycles. The van der Waals surface area contributed by atoms with Crippen LogP contribution in [0.5, 0.6) is 0 Å². The molecule has 1 unspecified atom stereocenters. The zero-order valence-corrected chi connectivity index (χ0v) is 14.9. The summed E-state index contributed by atoms with van der Waals surface area (Å²) >= 11 is 1.67. The van der Waals surface area contributed by atoms with Gasteiger partial charge in [0, 0.05) is 64.4 Å². The van der Waals surface area contributed by atoms with E-state index in [4.69, 9.17) is 4.74 Å². The number of carbonyl (C=O) groups excluding carboxylic acids is 1. The summed E-state index contributed by atoms with van der Waals surface area (Å²) in [5.41, 5.74) is 0. The molecule has 3 heterocycles. The van der Waals surface area contributed by atoms with E-state index in [9.17, 15) is 4.79 Å². The fraction of sp³-hybridized carbons (Fsp3) is 0.688. The Labute approximate surface area is 146 Å². The Morgan fingerprint density at radius 3 is 2.83 bits per heavy atom. The van der Waals surface area contributed by atoms with Gasteiger partial charge in [-0.25, -0.2) is 4.98 Å². The van der Waals surface area contributed by atoms with E-state index in [1.807, 2.05) is 16.5 Å². The lowest BCUT2D eigenvalue weighted by molar-refractivity contribution is -0.142. The molecule has 0 saturated carbocycles. The number of amides is 1. The number of carbonyl (C=O) groups is 1. The first-order valence-corrected chi connectivity index (χ1v) is 9.40. The van der Waals surface area contributed by atoms with Crippen molar-refractivity contribution in [2.75, 3.05) is 46.4 Å². The minimum atomic E-state index is -0.215. The molecular formula is C16H25N5O2S. The van der Waals surface area contributed by atoms with Crippen LogP contribution in [0.1, 0.15) is 17.8 Å². The molecule has 3 rings (SSSR count). The molecule has 0 aliphatic carbocycles. The number of nitrogens with zero attached hydrogens (tertiary/aromatic N) is 4. The molecular weight excluding hydrogens is 326 g/mol. The summed E-state index contributed by atoms with van der Waals surface area (Å²) in [6.07, 6.45) is 4.37. The van der Waals surface area contributed by atoms with Crippen LogP contribution >= 0.6 is 11.3 Å². The van der Waals surface area contributed by atoms with Crippen LogP contribution < -0.4 is 5.32 Å². The van der Waals surface area contributed by atoms with E-state index >= 15 is 0 Å². The second-order valence-electron chi connectivity index (χ2n) is 5.96. The number of rotatable bonds is 4. The third kappa shape index (κ3) is 4.24. The Morgan fingerprint density at radius 1 is 1.42 bits per heavy atom. The van der Waals surface area contributed by atoms with E-state index < -0.39 is 0 Å². The fourth-order valence-electron chi connectivity index (χ4n) is 3.10. The Hall–Kier alpha value is -1.67. The molecule has 0 spiro atoms. The summed E-state index contributed by atoms with van der Waals surface area (Å²) in [4.78, 5) is 25.2. The average Bonchev–Trinajstić information content (AvgIpc) is 3.32. The van der Waals surface area contributed by atoms with E-state index in [1.165, 1.54) is 0 Å². The van der Waals surface area contributed by atoms with Gasteiger partial charge in [-0.2, -0.15) is 0 Å². The van der Waals surface area contributed by atoms with Crippen molar-refractivity contribution in [3.63, 3.8) is 0 Å². The van der Waals surface area contributed by atoms with E-state index in [0.717, 1.165) is 63.0 Å². The van der Waals surface area contributed by atoms with E-state index in [0.29, 0.717) is 6.61 Å². The van der Waals surface area contributed by atoms with Gasteiger partial charge in [-0.05, 0) is 12.8 Å². The molecule has 2 aliphatic heterocycles. The third-order valence-electron chi connectivity index (χ3n) is 4.41. The molecule has 1 N–H and O–H groups in total.